The summed E-state index contributed by atoms with van der Waals surface area (Å²) in [6.07, 6.45) is 0. The third kappa shape index (κ3) is 3.43. The molecule has 0 aliphatic heterocycles. The van der Waals surface area contributed by atoms with Gasteiger partial charge >= 0.3 is 0 Å². The third-order valence-corrected chi connectivity index (χ3v) is 3.59. The largest absolute Gasteiger partial charge is 0.397 e. The summed E-state index contributed by atoms with van der Waals surface area (Å²) in [5.41, 5.74) is 11.2. The van der Waals surface area contributed by atoms with Gasteiger partial charge < -0.3 is 11.1 Å². The van der Waals surface area contributed by atoms with Crippen molar-refractivity contribution in [2.45, 2.75) is 33.6 Å². The number of hydrogen-bond donors (Lipinski definition) is 2. The summed E-state index contributed by atoms with van der Waals surface area (Å²) in [6.45, 7) is 8.19. The van der Waals surface area contributed by atoms with Crippen molar-refractivity contribution in [2.75, 3.05) is 11.1 Å². The van der Waals surface area contributed by atoms with Crippen LogP contribution >= 0.6 is 0 Å². The van der Waals surface area contributed by atoms with Crippen LogP contribution < -0.4 is 11.1 Å². The van der Waals surface area contributed by atoms with Crippen molar-refractivity contribution < 1.29 is 4.79 Å². The lowest BCUT2D eigenvalue weighted by Gasteiger charge is -2.13. The van der Waals surface area contributed by atoms with E-state index in [1.54, 1.807) is 0 Å². The molecule has 0 spiro atoms. The first-order chi connectivity index (χ1) is 9.88. The topological polar surface area (TPSA) is 55.1 Å². The molecule has 0 saturated carbocycles. The maximum Gasteiger partial charge on any atom is 0.255 e. The van der Waals surface area contributed by atoms with Gasteiger partial charge in [0.05, 0.1) is 11.4 Å². The molecular weight excluding hydrogens is 260 g/mol. The molecule has 21 heavy (non-hydrogen) atoms. The van der Waals surface area contributed by atoms with Gasteiger partial charge in [-0.15, -0.1) is 0 Å². The van der Waals surface area contributed by atoms with Crippen molar-refractivity contribution in [1.82, 2.24) is 0 Å². The van der Waals surface area contributed by atoms with Crippen LogP contribution in [0.15, 0.2) is 36.4 Å². The number of nitrogens with one attached hydrogen (secondary N) is 1. The van der Waals surface area contributed by atoms with Gasteiger partial charge in [0.15, 0.2) is 0 Å². The van der Waals surface area contributed by atoms with Crippen LogP contribution in [0.25, 0.3) is 0 Å². The molecule has 3 heteroatoms. The number of nitrogen functional groups attached to an aromatic ring is 1. The Hall–Kier alpha value is -2.29. The van der Waals surface area contributed by atoms with E-state index in [4.69, 9.17) is 5.73 Å². The average molecular weight is 282 g/mol. The van der Waals surface area contributed by atoms with Gasteiger partial charge in [0.1, 0.15) is 0 Å². The molecule has 0 aromatic heterocycles. The van der Waals surface area contributed by atoms with E-state index in [0.717, 1.165) is 11.1 Å². The molecule has 110 valence electrons. The quantitative estimate of drug-likeness (QED) is 0.826. The van der Waals surface area contributed by atoms with Crippen LogP contribution in [-0.2, 0) is 0 Å². The second-order valence-electron chi connectivity index (χ2n) is 5.78. The number of rotatable bonds is 3. The molecule has 3 nitrogen and oxygen atoms in total. The first-order valence-electron chi connectivity index (χ1n) is 7.16. The van der Waals surface area contributed by atoms with E-state index >= 15 is 0 Å². The fraction of sp³-hybridized carbons (Fsp3) is 0.278. The maximum atomic E-state index is 12.3. The summed E-state index contributed by atoms with van der Waals surface area (Å²) < 4.78 is 0. The molecule has 0 bridgehead atoms. The monoisotopic (exact) mass is 282 g/mol. The molecule has 1 amide bonds. The number of carbonyl (C=O) groups excluding carboxylic acids is 1. The number of hydrogen-bond acceptors (Lipinski definition) is 2. The molecule has 0 radical (unpaired) electrons. The Morgan fingerprint density at radius 3 is 2.24 bits per heavy atom. The third-order valence-electron chi connectivity index (χ3n) is 3.59. The van der Waals surface area contributed by atoms with Crippen molar-refractivity contribution >= 4 is 17.3 Å². The molecule has 0 unspecified atom stereocenters. The molecule has 2 aromatic carbocycles. The summed E-state index contributed by atoms with van der Waals surface area (Å²) in [5, 5.41) is 2.91. The molecule has 0 aliphatic rings. The molecule has 0 atom stereocenters. The van der Waals surface area contributed by atoms with Crippen molar-refractivity contribution in [3.05, 3.63) is 58.7 Å². The normalized spacial score (nSPS) is 10.7. The maximum absolute atomic E-state index is 12.3. The Balaban J connectivity index is 2.22. The predicted octanol–water partition coefficient (Wildman–Crippen LogP) is 4.26. The first kappa shape index (κ1) is 15.1. The van der Waals surface area contributed by atoms with E-state index in [1.165, 1.54) is 5.56 Å². The van der Waals surface area contributed by atoms with E-state index in [1.807, 2.05) is 50.2 Å². The zero-order chi connectivity index (χ0) is 15.6. The van der Waals surface area contributed by atoms with Crippen LogP contribution in [0.2, 0.25) is 0 Å². The highest BCUT2D eigenvalue weighted by molar-refractivity contribution is 6.06. The number of anilines is 2. The molecule has 2 aromatic rings. The van der Waals surface area contributed by atoms with E-state index in [-0.39, 0.29) is 5.91 Å². The van der Waals surface area contributed by atoms with Gasteiger partial charge in [0.25, 0.3) is 5.91 Å². The minimum atomic E-state index is -0.135. The molecular formula is C18H22N2O. The Kier molecular flexibility index (Phi) is 4.32. The minimum Gasteiger partial charge on any atom is -0.397 e. The second kappa shape index (κ2) is 6.00. The van der Waals surface area contributed by atoms with Gasteiger partial charge in [-0.05, 0) is 54.7 Å². The van der Waals surface area contributed by atoms with Crippen LogP contribution in [0.3, 0.4) is 0 Å². The fourth-order valence-corrected chi connectivity index (χ4v) is 2.38. The van der Waals surface area contributed by atoms with Crippen LogP contribution in [-0.4, -0.2) is 5.91 Å². The van der Waals surface area contributed by atoms with Gasteiger partial charge in [-0.25, -0.2) is 0 Å². The highest BCUT2D eigenvalue weighted by Gasteiger charge is 2.11. The zero-order valence-electron chi connectivity index (χ0n) is 13.0. The Morgan fingerprint density at radius 1 is 1.10 bits per heavy atom. The van der Waals surface area contributed by atoms with Gasteiger partial charge in [0.2, 0.25) is 0 Å². The van der Waals surface area contributed by atoms with Gasteiger partial charge in [-0.3, -0.25) is 4.79 Å². The number of nitrogens with two attached hydrogens (primary N) is 1. The summed E-state index contributed by atoms with van der Waals surface area (Å²) in [4.78, 5) is 12.3. The predicted molar refractivity (Wildman–Crippen MR) is 88.8 cm³/mol. The van der Waals surface area contributed by atoms with E-state index in [2.05, 4.69) is 19.2 Å². The van der Waals surface area contributed by atoms with E-state index in [0.29, 0.717) is 22.9 Å². The lowest BCUT2D eigenvalue weighted by atomic mass is 10.0. The van der Waals surface area contributed by atoms with Crippen molar-refractivity contribution in [3.8, 4) is 0 Å². The van der Waals surface area contributed by atoms with Gasteiger partial charge in [0, 0.05) is 5.56 Å². The zero-order valence-corrected chi connectivity index (χ0v) is 13.0. The molecule has 0 saturated heterocycles. The standard InChI is InChI=1S/C18H22N2O/c1-11(2)14-5-7-15(8-6-14)18(21)20-17-13(4)9-12(3)10-16(17)19/h5-11H,19H2,1-4H3,(H,20,21). The minimum absolute atomic E-state index is 0.135. The van der Waals surface area contributed by atoms with Crippen LogP contribution in [0.1, 0.15) is 46.8 Å². The Morgan fingerprint density at radius 2 is 1.71 bits per heavy atom. The van der Waals surface area contributed by atoms with Crippen LogP contribution in [0.5, 0.6) is 0 Å². The van der Waals surface area contributed by atoms with E-state index in [9.17, 15) is 4.79 Å². The number of benzene rings is 2. The summed E-state index contributed by atoms with van der Waals surface area (Å²) in [5.74, 6) is 0.320. The van der Waals surface area contributed by atoms with Gasteiger partial charge in [-0.1, -0.05) is 32.0 Å². The van der Waals surface area contributed by atoms with Crippen LogP contribution in [0, 0.1) is 13.8 Å². The van der Waals surface area contributed by atoms with Crippen molar-refractivity contribution in [3.63, 3.8) is 0 Å². The fourth-order valence-electron chi connectivity index (χ4n) is 2.38. The Bertz CT molecular complexity index is 634. The van der Waals surface area contributed by atoms with Gasteiger partial charge in [-0.2, -0.15) is 0 Å². The lowest BCUT2D eigenvalue weighted by molar-refractivity contribution is 0.102. The summed E-state index contributed by atoms with van der Waals surface area (Å²) in [6, 6.07) is 11.6. The lowest BCUT2D eigenvalue weighted by Crippen LogP contribution is -2.14. The summed E-state index contributed by atoms with van der Waals surface area (Å²) >= 11 is 0. The summed E-state index contributed by atoms with van der Waals surface area (Å²) in [7, 11) is 0. The molecule has 0 aliphatic carbocycles. The first-order valence-corrected chi connectivity index (χ1v) is 7.16. The number of aryl methyl sites for hydroxylation is 2. The SMILES string of the molecule is Cc1cc(C)c(NC(=O)c2ccc(C(C)C)cc2)c(N)c1. The number of amides is 1. The number of carbonyl (C=O) groups is 1. The highest BCUT2D eigenvalue weighted by atomic mass is 16.1. The molecule has 3 N–H and O–H groups in total. The molecule has 0 fully saturated rings. The Labute approximate surface area is 126 Å². The molecule has 2 rings (SSSR count). The smallest absolute Gasteiger partial charge is 0.255 e. The van der Waals surface area contributed by atoms with E-state index < -0.39 is 0 Å². The second-order valence-corrected chi connectivity index (χ2v) is 5.78. The van der Waals surface area contributed by atoms with Crippen LogP contribution in [0.4, 0.5) is 11.4 Å². The van der Waals surface area contributed by atoms with Crippen molar-refractivity contribution in [1.29, 1.82) is 0 Å². The highest BCUT2D eigenvalue weighted by Crippen LogP contribution is 2.25. The molecule has 0 heterocycles. The average Bonchev–Trinajstić information content (AvgIpc) is 2.42. The van der Waals surface area contributed by atoms with Crippen molar-refractivity contribution in [2.24, 2.45) is 0 Å².